The van der Waals surface area contributed by atoms with E-state index in [1.54, 1.807) is 7.05 Å². The summed E-state index contributed by atoms with van der Waals surface area (Å²) < 4.78 is 5.44. The summed E-state index contributed by atoms with van der Waals surface area (Å²) in [4.78, 5) is 6.69. The minimum absolute atomic E-state index is 0.463. The van der Waals surface area contributed by atoms with Gasteiger partial charge in [-0.15, -0.1) is 0 Å². The Balaban J connectivity index is 2.47. The minimum Gasteiger partial charge on any atom is -0.359 e. The zero-order valence-corrected chi connectivity index (χ0v) is 16.2. The molecule has 1 unspecified atom stereocenters. The molecule has 1 atom stereocenters. The maximum absolute atomic E-state index is 5.44. The SMILES string of the molecule is CCC(CC)c1cc(CNC(=NC)NCC(C)N(CC)CC)on1. The largest absolute Gasteiger partial charge is 0.359 e. The van der Waals surface area contributed by atoms with Crippen molar-refractivity contribution in [3.63, 3.8) is 0 Å². The van der Waals surface area contributed by atoms with Gasteiger partial charge >= 0.3 is 0 Å². The zero-order chi connectivity index (χ0) is 17.9. The van der Waals surface area contributed by atoms with Gasteiger partial charge in [-0.1, -0.05) is 32.9 Å². The van der Waals surface area contributed by atoms with Gasteiger partial charge < -0.3 is 15.2 Å². The third kappa shape index (κ3) is 6.15. The first kappa shape index (κ1) is 20.5. The summed E-state index contributed by atoms with van der Waals surface area (Å²) in [5, 5.41) is 10.9. The van der Waals surface area contributed by atoms with E-state index in [9.17, 15) is 0 Å². The fourth-order valence-corrected chi connectivity index (χ4v) is 2.92. The normalized spacial score (nSPS) is 13.6. The standard InChI is InChI=1S/C18H35N5O/c1-7-15(8-2)17-11-16(24-22-17)13-21-18(19-6)20-12-14(5)23(9-3)10-4/h11,14-15H,7-10,12-13H2,1-6H3,(H2,19,20,21). The van der Waals surface area contributed by atoms with Gasteiger partial charge in [-0.05, 0) is 32.9 Å². The Kier molecular flexibility index (Phi) is 9.45. The molecule has 0 saturated heterocycles. The third-order valence-corrected chi connectivity index (χ3v) is 4.64. The number of hydrogen-bond donors (Lipinski definition) is 2. The van der Waals surface area contributed by atoms with Crippen molar-refractivity contribution in [3.8, 4) is 0 Å². The van der Waals surface area contributed by atoms with Gasteiger partial charge in [0.2, 0.25) is 0 Å². The molecule has 1 aromatic rings. The molecule has 24 heavy (non-hydrogen) atoms. The number of aliphatic imine (C=N–C) groups is 1. The first-order chi connectivity index (χ1) is 11.6. The molecule has 2 N–H and O–H groups in total. The smallest absolute Gasteiger partial charge is 0.191 e. The van der Waals surface area contributed by atoms with Crippen molar-refractivity contribution in [2.75, 3.05) is 26.7 Å². The number of guanidine groups is 1. The molecule has 0 radical (unpaired) electrons. The number of likely N-dealkylation sites (N-methyl/N-ethyl adjacent to an activating group) is 1. The molecule has 6 heteroatoms. The van der Waals surface area contributed by atoms with E-state index in [4.69, 9.17) is 4.52 Å². The molecule has 0 saturated carbocycles. The molecule has 138 valence electrons. The van der Waals surface area contributed by atoms with Crippen LogP contribution < -0.4 is 10.6 Å². The number of rotatable bonds is 10. The molecule has 0 spiro atoms. The van der Waals surface area contributed by atoms with Crippen molar-refractivity contribution in [1.29, 1.82) is 0 Å². The van der Waals surface area contributed by atoms with Crippen molar-refractivity contribution in [1.82, 2.24) is 20.7 Å². The van der Waals surface area contributed by atoms with E-state index in [0.29, 0.717) is 18.5 Å². The summed E-state index contributed by atoms with van der Waals surface area (Å²) in [7, 11) is 1.79. The minimum atomic E-state index is 0.463. The quantitative estimate of drug-likeness (QED) is 0.507. The van der Waals surface area contributed by atoms with Crippen LogP contribution in [0.3, 0.4) is 0 Å². The van der Waals surface area contributed by atoms with Crippen LogP contribution in [0.4, 0.5) is 0 Å². The van der Waals surface area contributed by atoms with E-state index < -0.39 is 0 Å². The van der Waals surface area contributed by atoms with Crippen LogP contribution in [-0.2, 0) is 6.54 Å². The topological polar surface area (TPSA) is 65.7 Å². The summed E-state index contributed by atoms with van der Waals surface area (Å²) in [5.41, 5.74) is 1.05. The highest BCUT2D eigenvalue weighted by molar-refractivity contribution is 5.79. The first-order valence-electron chi connectivity index (χ1n) is 9.23. The molecule has 0 amide bonds. The summed E-state index contributed by atoms with van der Waals surface area (Å²) in [5.74, 6) is 2.11. The molecule has 1 rings (SSSR count). The molecule has 0 aliphatic carbocycles. The predicted molar refractivity (Wildman–Crippen MR) is 100 cm³/mol. The Morgan fingerprint density at radius 3 is 2.42 bits per heavy atom. The highest BCUT2D eigenvalue weighted by Gasteiger charge is 2.14. The third-order valence-electron chi connectivity index (χ3n) is 4.64. The van der Waals surface area contributed by atoms with Crippen LogP contribution in [0, 0.1) is 0 Å². The summed E-state index contributed by atoms with van der Waals surface area (Å²) in [6.45, 7) is 14.5. The van der Waals surface area contributed by atoms with Gasteiger partial charge in [-0.25, -0.2) is 0 Å². The summed E-state index contributed by atoms with van der Waals surface area (Å²) >= 11 is 0. The van der Waals surface area contributed by atoms with Crippen molar-refractivity contribution >= 4 is 5.96 Å². The van der Waals surface area contributed by atoms with E-state index >= 15 is 0 Å². The maximum atomic E-state index is 5.44. The van der Waals surface area contributed by atoms with Crippen molar-refractivity contribution in [2.45, 2.75) is 66.0 Å². The van der Waals surface area contributed by atoms with Crippen LogP contribution in [0.25, 0.3) is 0 Å². The van der Waals surface area contributed by atoms with Gasteiger partial charge in [-0.2, -0.15) is 0 Å². The lowest BCUT2D eigenvalue weighted by Gasteiger charge is -2.27. The van der Waals surface area contributed by atoms with E-state index in [0.717, 1.165) is 49.9 Å². The average Bonchev–Trinajstić information content (AvgIpc) is 3.06. The predicted octanol–water partition coefficient (Wildman–Crippen LogP) is 2.97. The molecular weight excluding hydrogens is 302 g/mol. The number of aromatic nitrogens is 1. The lowest BCUT2D eigenvalue weighted by molar-refractivity contribution is 0.231. The Bertz CT molecular complexity index is 478. The van der Waals surface area contributed by atoms with Crippen LogP contribution in [-0.4, -0.2) is 48.7 Å². The van der Waals surface area contributed by atoms with Crippen molar-refractivity contribution in [3.05, 3.63) is 17.5 Å². The Hall–Kier alpha value is -1.56. The second-order valence-corrected chi connectivity index (χ2v) is 6.11. The van der Waals surface area contributed by atoms with Crippen LogP contribution >= 0.6 is 0 Å². The fourth-order valence-electron chi connectivity index (χ4n) is 2.92. The van der Waals surface area contributed by atoms with Gasteiger partial charge in [0.05, 0.1) is 12.2 Å². The van der Waals surface area contributed by atoms with Crippen molar-refractivity contribution < 1.29 is 4.52 Å². The van der Waals surface area contributed by atoms with Gasteiger partial charge in [0.1, 0.15) is 0 Å². The molecular formula is C18H35N5O. The van der Waals surface area contributed by atoms with E-state index in [-0.39, 0.29) is 0 Å². The lowest BCUT2D eigenvalue weighted by atomic mass is 9.99. The van der Waals surface area contributed by atoms with Crippen LogP contribution in [0.15, 0.2) is 15.6 Å². The molecule has 0 aliphatic heterocycles. The zero-order valence-electron chi connectivity index (χ0n) is 16.2. The van der Waals surface area contributed by atoms with Crippen molar-refractivity contribution in [2.24, 2.45) is 4.99 Å². The number of hydrogen-bond acceptors (Lipinski definition) is 4. The monoisotopic (exact) mass is 337 g/mol. The van der Waals surface area contributed by atoms with Gasteiger partial charge in [0.25, 0.3) is 0 Å². The Morgan fingerprint density at radius 2 is 1.88 bits per heavy atom. The second-order valence-electron chi connectivity index (χ2n) is 6.11. The van der Waals surface area contributed by atoms with E-state index in [1.165, 1.54) is 0 Å². The van der Waals surface area contributed by atoms with Gasteiger partial charge in [0.15, 0.2) is 11.7 Å². The van der Waals surface area contributed by atoms with Crippen LogP contribution in [0.2, 0.25) is 0 Å². The van der Waals surface area contributed by atoms with E-state index in [1.807, 2.05) is 0 Å². The molecule has 1 heterocycles. The summed E-state index contributed by atoms with van der Waals surface area (Å²) in [6, 6.07) is 2.52. The highest BCUT2D eigenvalue weighted by atomic mass is 16.5. The molecule has 6 nitrogen and oxygen atoms in total. The maximum Gasteiger partial charge on any atom is 0.191 e. The Morgan fingerprint density at radius 1 is 1.21 bits per heavy atom. The Labute approximate surface area is 147 Å². The van der Waals surface area contributed by atoms with Crippen LogP contribution in [0.5, 0.6) is 0 Å². The van der Waals surface area contributed by atoms with Gasteiger partial charge in [-0.3, -0.25) is 9.89 Å². The number of nitrogens with one attached hydrogen (secondary N) is 2. The van der Waals surface area contributed by atoms with Gasteiger partial charge in [0, 0.05) is 31.6 Å². The molecule has 0 fully saturated rings. The highest BCUT2D eigenvalue weighted by Crippen LogP contribution is 2.22. The molecule has 0 aliphatic rings. The first-order valence-corrected chi connectivity index (χ1v) is 9.23. The lowest BCUT2D eigenvalue weighted by Crippen LogP contribution is -2.45. The van der Waals surface area contributed by atoms with Crippen LogP contribution in [0.1, 0.15) is 64.8 Å². The average molecular weight is 338 g/mol. The molecule has 0 aromatic carbocycles. The molecule has 1 aromatic heterocycles. The molecule has 0 bridgehead atoms. The summed E-state index contributed by atoms with van der Waals surface area (Å²) in [6.07, 6.45) is 2.17. The van der Waals surface area contributed by atoms with E-state index in [2.05, 4.69) is 66.4 Å². The fraction of sp³-hybridized carbons (Fsp3) is 0.778. The number of nitrogens with zero attached hydrogens (tertiary/aromatic N) is 3. The second kappa shape index (κ2) is 11.1.